The van der Waals surface area contributed by atoms with E-state index in [2.05, 4.69) is 0 Å². The summed E-state index contributed by atoms with van der Waals surface area (Å²) in [6.45, 7) is 3.19. The van der Waals surface area contributed by atoms with E-state index in [1.54, 1.807) is 36.1 Å². The zero-order chi connectivity index (χ0) is 19.2. The summed E-state index contributed by atoms with van der Waals surface area (Å²) in [4.78, 5) is 25.9. The van der Waals surface area contributed by atoms with Crippen molar-refractivity contribution in [1.29, 1.82) is 0 Å². The minimum Gasteiger partial charge on any atom is -0.490 e. The fourth-order valence-corrected chi connectivity index (χ4v) is 3.03. The number of likely N-dealkylation sites (tertiary alicyclic amines) is 1. The average Bonchev–Trinajstić information content (AvgIpc) is 2.67. The number of piperidine rings is 1. The smallest absolute Gasteiger partial charge is 0.415 e. The molecule has 1 saturated heterocycles. The van der Waals surface area contributed by atoms with Gasteiger partial charge in [0.1, 0.15) is 11.5 Å². The molecule has 1 amide bonds. The zero-order valence-electron chi connectivity index (χ0n) is 15.6. The highest BCUT2D eigenvalue weighted by atomic mass is 16.6. The highest BCUT2D eigenvalue weighted by Crippen LogP contribution is 2.21. The Morgan fingerprint density at radius 2 is 1.93 bits per heavy atom. The van der Waals surface area contributed by atoms with Gasteiger partial charge in [-0.1, -0.05) is 18.2 Å². The Labute approximate surface area is 158 Å². The minimum atomic E-state index is -0.317. The molecule has 0 radical (unpaired) electrons. The summed E-state index contributed by atoms with van der Waals surface area (Å²) < 4.78 is 16.2. The molecule has 0 saturated carbocycles. The Hall–Kier alpha value is -3.02. The lowest BCUT2D eigenvalue weighted by atomic mass is 10.1. The number of benzene rings is 1. The van der Waals surface area contributed by atoms with Crippen LogP contribution in [0.3, 0.4) is 0 Å². The molecular weight excluding hydrogens is 346 g/mol. The van der Waals surface area contributed by atoms with Crippen LogP contribution in [0.4, 0.5) is 4.79 Å². The van der Waals surface area contributed by atoms with Crippen LogP contribution in [0.2, 0.25) is 0 Å². The topological polar surface area (TPSA) is 69.0 Å². The van der Waals surface area contributed by atoms with Gasteiger partial charge in [0.2, 0.25) is 11.2 Å². The molecule has 1 aromatic carbocycles. The number of aryl methyl sites for hydroxylation is 1. The fourth-order valence-electron chi connectivity index (χ4n) is 3.03. The lowest BCUT2D eigenvalue weighted by Gasteiger charge is -2.25. The molecule has 2 aromatic rings. The molecule has 0 unspecified atom stereocenters. The molecule has 6 heteroatoms. The summed E-state index contributed by atoms with van der Waals surface area (Å²) in [6, 6.07) is 8.57. The minimum absolute atomic E-state index is 0.157. The van der Waals surface area contributed by atoms with Gasteiger partial charge in [-0.15, -0.1) is 0 Å². The molecule has 1 aliphatic rings. The van der Waals surface area contributed by atoms with Crippen molar-refractivity contribution >= 4 is 18.2 Å². The van der Waals surface area contributed by atoms with E-state index >= 15 is 0 Å². The van der Waals surface area contributed by atoms with Gasteiger partial charge in [-0.3, -0.25) is 4.79 Å². The molecule has 6 nitrogen and oxygen atoms in total. The Bertz CT molecular complexity index is 894. The SMILES string of the molecule is COc1c(/C=C/c2cccc(OC(=O)N3CCCCC3)c2)oc(C)cc1=O. The second-order valence-corrected chi connectivity index (χ2v) is 6.44. The highest BCUT2D eigenvalue weighted by Gasteiger charge is 2.18. The fraction of sp³-hybridized carbons (Fsp3) is 0.333. The third kappa shape index (κ3) is 4.78. The van der Waals surface area contributed by atoms with Crippen LogP contribution in [-0.4, -0.2) is 31.2 Å². The van der Waals surface area contributed by atoms with Gasteiger partial charge >= 0.3 is 6.09 Å². The van der Waals surface area contributed by atoms with Gasteiger partial charge < -0.3 is 18.8 Å². The van der Waals surface area contributed by atoms with Crippen LogP contribution in [-0.2, 0) is 0 Å². The largest absolute Gasteiger partial charge is 0.490 e. The van der Waals surface area contributed by atoms with Gasteiger partial charge in [-0.25, -0.2) is 4.79 Å². The molecule has 142 valence electrons. The van der Waals surface area contributed by atoms with E-state index in [1.165, 1.54) is 13.2 Å². The molecular formula is C21H23NO5. The Kier molecular flexibility index (Phi) is 5.96. The van der Waals surface area contributed by atoms with Crippen molar-refractivity contribution in [3.63, 3.8) is 0 Å². The monoisotopic (exact) mass is 369 g/mol. The van der Waals surface area contributed by atoms with Crippen molar-refractivity contribution in [3.8, 4) is 11.5 Å². The molecule has 2 heterocycles. The van der Waals surface area contributed by atoms with E-state index in [0.29, 0.717) is 17.3 Å². The second-order valence-electron chi connectivity index (χ2n) is 6.44. The van der Waals surface area contributed by atoms with Crippen molar-refractivity contribution in [2.75, 3.05) is 20.2 Å². The van der Waals surface area contributed by atoms with Crippen LogP contribution in [0.15, 0.2) is 39.5 Å². The number of methoxy groups -OCH3 is 1. The van der Waals surface area contributed by atoms with Crippen LogP contribution in [0.25, 0.3) is 12.2 Å². The Morgan fingerprint density at radius 3 is 2.67 bits per heavy atom. The van der Waals surface area contributed by atoms with Crippen molar-refractivity contribution in [2.45, 2.75) is 26.2 Å². The molecule has 0 N–H and O–H groups in total. The number of hydrogen-bond acceptors (Lipinski definition) is 5. The number of carbonyl (C=O) groups excluding carboxylic acids is 1. The first kappa shape index (κ1) is 18.8. The Morgan fingerprint density at radius 1 is 1.15 bits per heavy atom. The second kappa shape index (κ2) is 8.58. The summed E-state index contributed by atoms with van der Waals surface area (Å²) in [5.74, 6) is 1.48. The van der Waals surface area contributed by atoms with Gasteiger partial charge in [0.15, 0.2) is 5.76 Å². The molecule has 3 rings (SSSR count). The van der Waals surface area contributed by atoms with Gasteiger partial charge in [0, 0.05) is 19.2 Å². The molecule has 0 bridgehead atoms. The number of amides is 1. The van der Waals surface area contributed by atoms with Crippen LogP contribution in [0.1, 0.15) is 36.3 Å². The van der Waals surface area contributed by atoms with Gasteiger partial charge in [0.05, 0.1) is 7.11 Å². The zero-order valence-corrected chi connectivity index (χ0v) is 15.6. The van der Waals surface area contributed by atoms with Crippen LogP contribution < -0.4 is 14.9 Å². The molecule has 1 fully saturated rings. The van der Waals surface area contributed by atoms with Gasteiger partial charge in [-0.05, 0) is 50.0 Å². The predicted molar refractivity (Wildman–Crippen MR) is 103 cm³/mol. The lowest BCUT2D eigenvalue weighted by molar-refractivity contribution is 0.142. The van der Waals surface area contributed by atoms with Crippen molar-refractivity contribution in [3.05, 3.63) is 57.6 Å². The van der Waals surface area contributed by atoms with Crippen LogP contribution in [0.5, 0.6) is 11.5 Å². The first-order chi connectivity index (χ1) is 13.1. The standard InChI is InChI=1S/C21H23NO5/c1-15-13-18(23)20(25-2)19(26-15)10-9-16-7-6-8-17(14-16)27-21(24)22-11-4-3-5-12-22/h6-10,13-14H,3-5,11-12H2,1-2H3/b10-9+. The molecule has 1 aromatic heterocycles. The molecule has 1 aliphatic heterocycles. The average molecular weight is 369 g/mol. The number of ether oxygens (including phenoxy) is 2. The van der Waals surface area contributed by atoms with Gasteiger partial charge in [-0.2, -0.15) is 0 Å². The summed E-state index contributed by atoms with van der Waals surface area (Å²) >= 11 is 0. The van der Waals surface area contributed by atoms with Crippen molar-refractivity contribution in [2.24, 2.45) is 0 Å². The normalized spacial score (nSPS) is 14.4. The lowest BCUT2D eigenvalue weighted by Crippen LogP contribution is -2.37. The van der Waals surface area contributed by atoms with E-state index in [4.69, 9.17) is 13.9 Å². The third-order valence-corrected chi connectivity index (χ3v) is 4.36. The summed E-state index contributed by atoms with van der Waals surface area (Å²) in [5.41, 5.74) is 0.579. The number of rotatable bonds is 4. The summed E-state index contributed by atoms with van der Waals surface area (Å²) in [6.07, 6.45) is 6.31. The quantitative estimate of drug-likeness (QED) is 0.811. The van der Waals surface area contributed by atoms with Gasteiger partial charge in [0.25, 0.3) is 0 Å². The maximum absolute atomic E-state index is 12.2. The Balaban J connectivity index is 1.75. The van der Waals surface area contributed by atoms with E-state index in [-0.39, 0.29) is 17.3 Å². The van der Waals surface area contributed by atoms with Crippen molar-refractivity contribution < 1.29 is 18.7 Å². The van der Waals surface area contributed by atoms with E-state index < -0.39 is 0 Å². The molecule has 0 spiro atoms. The van der Waals surface area contributed by atoms with E-state index in [1.807, 2.05) is 12.1 Å². The summed E-state index contributed by atoms with van der Waals surface area (Å²) in [7, 11) is 1.43. The maximum atomic E-state index is 12.2. The van der Waals surface area contributed by atoms with E-state index in [0.717, 1.165) is 37.9 Å². The molecule has 27 heavy (non-hydrogen) atoms. The third-order valence-electron chi connectivity index (χ3n) is 4.36. The van der Waals surface area contributed by atoms with E-state index in [9.17, 15) is 9.59 Å². The maximum Gasteiger partial charge on any atom is 0.415 e. The van der Waals surface area contributed by atoms with Crippen LogP contribution >= 0.6 is 0 Å². The number of carbonyl (C=O) groups is 1. The first-order valence-corrected chi connectivity index (χ1v) is 9.00. The van der Waals surface area contributed by atoms with Crippen LogP contribution in [0, 0.1) is 6.92 Å². The highest BCUT2D eigenvalue weighted by molar-refractivity contribution is 5.73. The van der Waals surface area contributed by atoms with Crippen molar-refractivity contribution in [1.82, 2.24) is 4.90 Å². The molecule has 0 atom stereocenters. The summed E-state index contributed by atoms with van der Waals surface area (Å²) in [5, 5.41) is 0. The number of nitrogens with zero attached hydrogens (tertiary/aromatic N) is 1. The predicted octanol–water partition coefficient (Wildman–Crippen LogP) is 4.11. The first-order valence-electron chi connectivity index (χ1n) is 9.00. The number of hydrogen-bond donors (Lipinski definition) is 0. The molecule has 0 aliphatic carbocycles.